The Hall–Kier alpha value is -3.43. The molecule has 3 aromatic rings. The van der Waals surface area contributed by atoms with Crippen LogP contribution in [0, 0.1) is 11.3 Å². The number of nitrogens with zero attached hydrogens (tertiary/aromatic N) is 1. The van der Waals surface area contributed by atoms with Gasteiger partial charge in [-0.2, -0.15) is 14.0 Å². The summed E-state index contributed by atoms with van der Waals surface area (Å²) in [4.78, 5) is 12.8. The summed E-state index contributed by atoms with van der Waals surface area (Å²) >= 11 is 0.428. The molecule has 29 heavy (non-hydrogen) atoms. The van der Waals surface area contributed by atoms with Gasteiger partial charge < -0.3 is 5.32 Å². The molecule has 0 aromatic heterocycles. The standard InChI is InChI=1S/C23H16F2N2OS/c24-23(25)29-21-12-10-20(11-13-21)27-22(28)19(15-26)14-16-6-8-18(9-7-16)17-4-2-1-3-5-17/h1-14,23H,(H,27,28). The zero-order valence-corrected chi connectivity index (χ0v) is 16.0. The van der Waals surface area contributed by atoms with Crippen LogP contribution in [0.25, 0.3) is 17.2 Å². The van der Waals surface area contributed by atoms with Crippen molar-refractivity contribution in [1.82, 2.24) is 0 Å². The number of hydrogen-bond donors (Lipinski definition) is 1. The average molecular weight is 406 g/mol. The third-order valence-corrected chi connectivity index (χ3v) is 4.75. The smallest absolute Gasteiger partial charge is 0.288 e. The fraction of sp³-hybridized carbons (Fsp3) is 0.0435. The summed E-state index contributed by atoms with van der Waals surface area (Å²) in [6.45, 7) is 0. The van der Waals surface area contributed by atoms with Crippen molar-refractivity contribution in [2.75, 3.05) is 5.32 Å². The van der Waals surface area contributed by atoms with Crippen LogP contribution in [0.1, 0.15) is 5.56 Å². The summed E-state index contributed by atoms with van der Waals surface area (Å²) in [7, 11) is 0. The van der Waals surface area contributed by atoms with Crippen LogP contribution in [-0.4, -0.2) is 11.7 Å². The summed E-state index contributed by atoms with van der Waals surface area (Å²) in [6.07, 6.45) is 1.51. The van der Waals surface area contributed by atoms with Crippen molar-refractivity contribution in [3.63, 3.8) is 0 Å². The molecule has 0 fully saturated rings. The van der Waals surface area contributed by atoms with Gasteiger partial charge in [-0.25, -0.2) is 0 Å². The van der Waals surface area contributed by atoms with Gasteiger partial charge in [0.2, 0.25) is 0 Å². The van der Waals surface area contributed by atoms with Crippen LogP contribution in [0.5, 0.6) is 0 Å². The minimum atomic E-state index is -2.50. The Morgan fingerprint density at radius 3 is 2.14 bits per heavy atom. The van der Waals surface area contributed by atoms with Gasteiger partial charge >= 0.3 is 0 Å². The van der Waals surface area contributed by atoms with Crippen LogP contribution in [0.3, 0.4) is 0 Å². The van der Waals surface area contributed by atoms with Crippen LogP contribution in [-0.2, 0) is 4.79 Å². The number of halogens is 2. The molecule has 0 aliphatic heterocycles. The average Bonchev–Trinajstić information content (AvgIpc) is 2.74. The molecule has 6 heteroatoms. The molecule has 0 heterocycles. The topological polar surface area (TPSA) is 52.9 Å². The molecule has 3 nitrogen and oxygen atoms in total. The predicted octanol–water partition coefficient (Wildman–Crippen LogP) is 6.21. The first-order valence-electron chi connectivity index (χ1n) is 8.68. The molecule has 1 amide bonds. The van der Waals surface area contributed by atoms with E-state index in [0.29, 0.717) is 22.3 Å². The number of rotatable bonds is 6. The Labute approximate surface area is 171 Å². The number of carbonyl (C=O) groups is 1. The molecule has 0 aliphatic rings. The summed E-state index contributed by atoms with van der Waals surface area (Å²) in [6, 6.07) is 25.3. The molecule has 0 spiro atoms. The number of alkyl halides is 2. The van der Waals surface area contributed by atoms with E-state index in [2.05, 4.69) is 5.32 Å². The molecule has 0 aliphatic carbocycles. The molecule has 0 saturated heterocycles. The second-order valence-electron chi connectivity index (χ2n) is 6.01. The van der Waals surface area contributed by atoms with Crippen molar-refractivity contribution in [2.24, 2.45) is 0 Å². The quantitative estimate of drug-likeness (QED) is 0.301. The van der Waals surface area contributed by atoms with Crippen molar-refractivity contribution < 1.29 is 13.6 Å². The number of thioether (sulfide) groups is 1. The number of nitrogens with one attached hydrogen (secondary N) is 1. The number of amides is 1. The first-order valence-corrected chi connectivity index (χ1v) is 9.56. The van der Waals surface area contributed by atoms with E-state index >= 15 is 0 Å². The Balaban J connectivity index is 1.70. The maximum Gasteiger partial charge on any atom is 0.288 e. The van der Waals surface area contributed by atoms with Crippen molar-refractivity contribution >= 4 is 29.4 Å². The van der Waals surface area contributed by atoms with Crippen molar-refractivity contribution in [3.8, 4) is 17.2 Å². The summed E-state index contributed by atoms with van der Waals surface area (Å²) in [5.41, 5.74) is 3.21. The second kappa shape index (κ2) is 9.67. The van der Waals surface area contributed by atoms with E-state index in [9.17, 15) is 18.8 Å². The van der Waals surface area contributed by atoms with Crippen LogP contribution >= 0.6 is 11.8 Å². The number of hydrogen-bond acceptors (Lipinski definition) is 3. The van der Waals surface area contributed by atoms with E-state index in [1.165, 1.54) is 30.3 Å². The van der Waals surface area contributed by atoms with E-state index in [4.69, 9.17) is 0 Å². The lowest BCUT2D eigenvalue weighted by Crippen LogP contribution is -2.13. The first kappa shape index (κ1) is 20.3. The van der Waals surface area contributed by atoms with Crippen LogP contribution in [0.4, 0.5) is 14.5 Å². The fourth-order valence-corrected chi connectivity index (χ4v) is 3.13. The van der Waals surface area contributed by atoms with Gasteiger partial charge in [0.1, 0.15) is 11.6 Å². The molecule has 3 rings (SSSR count). The minimum absolute atomic E-state index is 0.0523. The van der Waals surface area contributed by atoms with Gasteiger partial charge in [0.25, 0.3) is 11.7 Å². The molecule has 1 N–H and O–H groups in total. The third kappa shape index (κ3) is 5.77. The second-order valence-corrected chi connectivity index (χ2v) is 7.08. The lowest BCUT2D eigenvalue weighted by molar-refractivity contribution is -0.112. The van der Waals surface area contributed by atoms with Crippen molar-refractivity contribution in [1.29, 1.82) is 5.26 Å². The third-order valence-electron chi connectivity index (χ3n) is 4.03. The number of anilines is 1. The lowest BCUT2D eigenvalue weighted by Gasteiger charge is -2.06. The van der Waals surface area contributed by atoms with Gasteiger partial charge in [-0.05, 0) is 47.0 Å². The van der Waals surface area contributed by atoms with Gasteiger partial charge in [0, 0.05) is 10.6 Å². The molecule has 0 atom stereocenters. The number of carbonyl (C=O) groups excluding carboxylic acids is 1. The molecule has 3 aromatic carbocycles. The SMILES string of the molecule is N#CC(=Cc1ccc(-c2ccccc2)cc1)C(=O)Nc1ccc(SC(F)F)cc1. The van der Waals surface area contributed by atoms with Crippen LogP contribution in [0.2, 0.25) is 0 Å². The molecule has 0 saturated carbocycles. The summed E-state index contributed by atoms with van der Waals surface area (Å²) in [5, 5.41) is 12.0. The summed E-state index contributed by atoms with van der Waals surface area (Å²) < 4.78 is 24.7. The normalized spacial score (nSPS) is 11.2. The Morgan fingerprint density at radius 2 is 1.55 bits per heavy atom. The van der Waals surface area contributed by atoms with E-state index in [-0.39, 0.29) is 5.57 Å². The maximum absolute atomic E-state index is 12.4. The lowest BCUT2D eigenvalue weighted by atomic mass is 10.0. The molecular formula is C23H16F2N2OS. The molecule has 0 bridgehead atoms. The van der Waals surface area contributed by atoms with Gasteiger partial charge in [-0.15, -0.1) is 0 Å². The first-order chi connectivity index (χ1) is 14.0. The van der Waals surface area contributed by atoms with E-state index in [1.807, 2.05) is 60.7 Å². The Morgan fingerprint density at radius 1 is 0.931 bits per heavy atom. The molecule has 0 unspecified atom stereocenters. The molecule has 0 radical (unpaired) electrons. The van der Waals surface area contributed by atoms with E-state index in [0.717, 1.165) is 16.7 Å². The molecule has 144 valence electrons. The fourth-order valence-electron chi connectivity index (χ4n) is 2.64. The van der Waals surface area contributed by atoms with Gasteiger partial charge in [-0.1, -0.05) is 66.4 Å². The highest BCUT2D eigenvalue weighted by Gasteiger charge is 2.10. The highest BCUT2D eigenvalue weighted by atomic mass is 32.2. The maximum atomic E-state index is 12.4. The Kier molecular flexibility index (Phi) is 6.77. The van der Waals surface area contributed by atoms with Gasteiger partial charge in [-0.3, -0.25) is 4.79 Å². The zero-order valence-electron chi connectivity index (χ0n) is 15.2. The summed E-state index contributed by atoms with van der Waals surface area (Å²) in [5.74, 6) is -3.06. The Bertz CT molecular complexity index is 1040. The van der Waals surface area contributed by atoms with Crippen LogP contribution in [0.15, 0.2) is 89.3 Å². The van der Waals surface area contributed by atoms with Gasteiger partial charge in [0.15, 0.2) is 0 Å². The monoisotopic (exact) mass is 406 g/mol. The number of nitriles is 1. The van der Waals surface area contributed by atoms with Crippen molar-refractivity contribution in [2.45, 2.75) is 10.7 Å². The zero-order chi connectivity index (χ0) is 20.6. The van der Waals surface area contributed by atoms with E-state index < -0.39 is 11.7 Å². The van der Waals surface area contributed by atoms with Gasteiger partial charge in [0.05, 0.1) is 0 Å². The highest BCUT2D eigenvalue weighted by molar-refractivity contribution is 7.99. The highest BCUT2D eigenvalue weighted by Crippen LogP contribution is 2.26. The largest absolute Gasteiger partial charge is 0.321 e. The van der Waals surface area contributed by atoms with E-state index in [1.54, 1.807) is 0 Å². The van der Waals surface area contributed by atoms with Crippen molar-refractivity contribution in [3.05, 3.63) is 90.0 Å². The predicted molar refractivity (Wildman–Crippen MR) is 112 cm³/mol. The van der Waals surface area contributed by atoms with Crippen LogP contribution < -0.4 is 5.32 Å². The molecular weight excluding hydrogens is 390 g/mol. The minimum Gasteiger partial charge on any atom is -0.321 e. The number of benzene rings is 3.